The van der Waals surface area contributed by atoms with Gasteiger partial charge in [0.25, 0.3) is 0 Å². The Balaban J connectivity index is 2.57. The lowest BCUT2D eigenvalue weighted by Gasteiger charge is -2.37. The van der Waals surface area contributed by atoms with Gasteiger partial charge in [0.2, 0.25) is 5.91 Å². The number of likely N-dealkylation sites (tertiary alicyclic amines) is 1. The maximum atomic E-state index is 11.8. The van der Waals surface area contributed by atoms with Crippen molar-refractivity contribution < 1.29 is 4.79 Å². The van der Waals surface area contributed by atoms with Crippen molar-refractivity contribution in [1.82, 2.24) is 10.2 Å². The Labute approximate surface area is 106 Å². The molecule has 0 bridgehead atoms. The lowest BCUT2D eigenvalue weighted by atomic mass is 9.83. The van der Waals surface area contributed by atoms with E-state index in [1.165, 1.54) is 12.8 Å². The minimum atomic E-state index is 0.0857. The lowest BCUT2D eigenvalue weighted by molar-refractivity contribution is -0.125. The molecular weight excluding hydrogens is 212 g/mol. The summed E-state index contributed by atoms with van der Waals surface area (Å²) in [5.41, 5.74) is 0. The van der Waals surface area contributed by atoms with Gasteiger partial charge >= 0.3 is 0 Å². The van der Waals surface area contributed by atoms with Crippen LogP contribution in [0.15, 0.2) is 0 Å². The summed E-state index contributed by atoms with van der Waals surface area (Å²) >= 11 is 0. The molecule has 1 fully saturated rings. The third kappa shape index (κ3) is 4.30. The summed E-state index contributed by atoms with van der Waals surface area (Å²) < 4.78 is 0. The summed E-state index contributed by atoms with van der Waals surface area (Å²) in [4.78, 5) is 14.2. The van der Waals surface area contributed by atoms with Crippen molar-refractivity contribution in [2.45, 2.75) is 46.6 Å². The van der Waals surface area contributed by atoms with E-state index in [0.29, 0.717) is 17.9 Å². The number of carbonyl (C=O) groups excluding carboxylic acids is 1. The Kier molecular flexibility index (Phi) is 5.44. The van der Waals surface area contributed by atoms with Crippen LogP contribution in [0.1, 0.15) is 40.5 Å². The summed E-state index contributed by atoms with van der Waals surface area (Å²) in [6.07, 6.45) is 2.41. The van der Waals surface area contributed by atoms with Crippen LogP contribution in [-0.4, -0.2) is 37.0 Å². The normalized spacial score (nSPS) is 20.9. The zero-order valence-electron chi connectivity index (χ0n) is 12.0. The first-order chi connectivity index (χ1) is 7.91. The first-order valence-corrected chi connectivity index (χ1v) is 6.90. The molecule has 1 rings (SSSR count). The van der Waals surface area contributed by atoms with Gasteiger partial charge in [-0.05, 0) is 44.8 Å². The van der Waals surface area contributed by atoms with Crippen LogP contribution >= 0.6 is 0 Å². The van der Waals surface area contributed by atoms with Gasteiger partial charge in [0.1, 0.15) is 0 Å². The summed E-state index contributed by atoms with van der Waals surface area (Å²) in [6, 6.07) is 0.346. The van der Waals surface area contributed by atoms with Gasteiger partial charge in [-0.25, -0.2) is 0 Å². The minimum absolute atomic E-state index is 0.0857. The standard InChI is InChI=1S/C14H28N2O/c1-10(2)13(15-14(17)11(3)4)12-6-8-16(5)9-7-12/h10-13H,6-9H2,1-5H3,(H,15,17)/t13-/m0/s1. The summed E-state index contributed by atoms with van der Waals surface area (Å²) in [6.45, 7) is 10.7. The highest BCUT2D eigenvalue weighted by Crippen LogP contribution is 2.24. The smallest absolute Gasteiger partial charge is 0.222 e. The van der Waals surface area contributed by atoms with Crippen molar-refractivity contribution in [3.63, 3.8) is 0 Å². The number of piperidine rings is 1. The fourth-order valence-electron chi connectivity index (χ4n) is 2.55. The molecule has 3 nitrogen and oxygen atoms in total. The van der Waals surface area contributed by atoms with E-state index in [2.05, 4.69) is 31.1 Å². The second-order valence-corrected chi connectivity index (χ2v) is 6.07. The number of rotatable bonds is 4. The largest absolute Gasteiger partial charge is 0.353 e. The van der Waals surface area contributed by atoms with E-state index in [1.807, 2.05) is 13.8 Å². The van der Waals surface area contributed by atoms with E-state index in [0.717, 1.165) is 13.1 Å². The first-order valence-electron chi connectivity index (χ1n) is 6.90. The molecule has 0 radical (unpaired) electrons. The molecule has 1 N–H and O–H groups in total. The minimum Gasteiger partial charge on any atom is -0.353 e. The zero-order chi connectivity index (χ0) is 13.0. The van der Waals surface area contributed by atoms with Crippen molar-refractivity contribution in [1.29, 1.82) is 0 Å². The maximum Gasteiger partial charge on any atom is 0.222 e. The van der Waals surface area contributed by atoms with Gasteiger partial charge in [-0.15, -0.1) is 0 Å². The second-order valence-electron chi connectivity index (χ2n) is 6.07. The van der Waals surface area contributed by atoms with Crippen molar-refractivity contribution in [3.8, 4) is 0 Å². The molecule has 0 saturated carbocycles. The predicted molar refractivity (Wildman–Crippen MR) is 71.8 cm³/mol. The van der Waals surface area contributed by atoms with Gasteiger partial charge in [-0.1, -0.05) is 27.7 Å². The maximum absolute atomic E-state index is 11.8. The van der Waals surface area contributed by atoms with Gasteiger partial charge in [0, 0.05) is 12.0 Å². The number of hydrogen-bond donors (Lipinski definition) is 1. The molecule has 0 aromatic rings. The monoisotopic (exact) mass is 240 g/mol. The topological polar surface area (TPSA) is 32.3 Å². The first kappa shape index (κ1) is 14.5. The number of amides is 1. The van der Waals surface area contributed by atoms with Crippen LogP contribution in [0, 0.1) is 17.8 Å². The fourth-order valence-corrected chi connectivity index (χ4v) is 2.55. The van der Waals surface area contributed by atoms with Crippen molar-refractivity contribution in [3.05, 3.63) is 0 Å². The van der Waals surface area contributed by atoms with Crippen LogP contribution in [-0.2, 0) is 4.79 Å². The lowest BCUT2D eigenvalue weighted by Crippen LogP contribution is -2.48. The van der Waals surface area contributed by atoms with Gasteiger partial charge < -0.3 is 10.2 Å². The SMILES string of the molecule is CC(C)C(=O)N[C@@H](C(C)C)C1CCN(C)CC1. The Hall–Kier alpha value is -0.570. The Morgan fingerprint density at radius 1 is 1.18 bits per heavy atom. The molecule has 17 heavy (non-hydrogen) atoms. The summed E-state index contributed by atoms with van der Waals surface area (Å²) in [5, 5.41) is 3.24. The molecule has 0 aromatic carbocycles. The number of carbonyl (C=O) groups is 1. The van der Waals surface area contributed by atoms with Crippen LogP contribution in [0.5, 0.6) is 0 Å². The molecule has 1 saturated heterocycles. The summed E-state index contributed by atoms with van der Waals surface area (Å²) in [5.74, 6) is 1.45. The van der Waals surface area contributed by atoms with Crippen molar-refractivity contribution in [2.75, 3.05) is 20.1 Å². The highest BCUT2D eigenvalue weighted by molar-refractivity contribution is 5.78. The third-order valence-electron chi connectivity index (χ3n) is 3.82. The average molecular weight is 240 g/mol. The highest BCUT2D eigenvalue weighted by Gasteiger charge is 2.29. The molecule has 1 amide bonds. The number of nitrogens with zero attached hydrogens (tertiary/aromatic N) is 1. The Bertz CT molecular complexity index is 243. The van der Waals surface area contributed by atoms with Gasteiger partial charge in [0.05, 0.1) is 0 Å². The van der Waals surface area contributed by atoms with Crippen LogP contribution in [0.3, 0.4) is 0 Å². The molecule has 3 heteroatoms. The third-order valence-corrected chi connectivity index (χ3v) is 3.82. The van der Waals surface area contributed by atoms with Gasteiger partial charge in [-0.3, -0.25) is 4.79 Å². The van der Waals surface area contributed by atoms with Gasteiger partial charge in [-0.2, -0.15) is 0 Å². The predicted octanol–water partition coefficient (Wildman–Crippen LogP) is 2.12. The zero-order valence-corrected chi connectivity index (χ0v) is 12.0. The molecule has 0 spiro atoms. The van der Waals surface area contributed by atoms with E-state index in [4.69, 9.17) is 0 Å². The Morgan fingerprint density at radius 2 is 1.71 bits per heavy atom. The van der Waals surface area contributed by atoms with E-state index < -0.39 is 0 Å². The van der Waals surface area contributed by atoms with Crippen molar-refractivity contribution in [2.24, 2.45) is 17.8 Å². The molecule has 0 aliphatic carbocycles. The molecule has 1 aliphatic rings. The molecule has 1 heterocycles. The molecule has 0 aromatic heterocycles. The van der Waals surface area contributed by atoms with Crippen molar-refractivity contribution >= 4 is 5.91 Å². The van der Waals surface area contributed by atoms with Crippen LogP contribution < -0.4 is 5.32 Å². The number of nitrogens with one attached hydrogen (secondary N) is 1. The van der Waals surface area contributed by atoms with Gasteiger partial charge in [0.15, 0.2) is 0 Å². The molecule has 1 aliphatic heterocycles. The molecule has 1 atom stereocenters. The van der Waals surface area contributed by atoms with E-state index in [1.54, 1.807) is 0 Å². The van der Waals surface area contributed by atoms with E-state index in [9.17, 15) is 4.79 Å². The highest BCUT2D eigenvalue weighted by atomic mass is 16.1. The van der Waals surface area contributed by atoms with E-state index in [-0.39, 0.29) is 11.8 Å². The summed E-state index contributed by atoms with van der Waals surface area (Å²) in [7, 11) is 2.17. The van der Waals surface area contributed by atoms with Crippen LogP contribution in [0.25, 0.3) is 0 Å². The number of hydrogen-bond acceptors (Lipinski definition) is 2. The molecule has 100 valence electrons. The average Bonchev–Trinajstić information content (AvgIpc) is 2.26. The molecule has 0 unspecified atom stereocenters. The molecular formula is C14H28N2O. The van der Waals surface area contributed by atoms with E-state index >= 15 is 0 Å². The fraction of sp³-hybridized carbons (Fsp3) is 0.929. The quantitative estimate of drug-likeness (QED) is 0.816. The Morgan fingerprint density at radius 3 is 2.12 bits per heavy atom. The van der Waals surface area contributed by atoms with Crippen LogP contribution in [0.4, 0.5) is 0 Å². The second kappa shape index (κ2) is 6.39. The van der Waals surface area contributed by atoms with Crippen LogP contribution in [0.2, 0.25) is 0 Å².